The van der Waals surface area contributed by atoms with Crippen molar-refractivity contribution in [2.45, 2.75) is 38.3 Å². The minimum atomic E-state index is -0.000346. The van der Waals surface area contributed by atoms with Gasteiger partial charge < -0.3 is 0 Å². The summed E-state index contributed by atoms with van der Waals surface area (Å²) in [7, 11) is 0. The average Bonchev–Trinajstić information content (AvgIpc) is 1.95. The summed E-state index contributed by atoms with van der Waals surface area (Å²) in [6.45, 7) is 2.25. The van der Waals surface area contributed by atoms with E-state index < -0.39 is 0 Å². The Bertz CT molecular complexity index is 121. The number of alkyl halides is 1. The average molecular weight is 270 g/mol. The number of hydrogen-bond donors (Lipinski definition) is 1. The maximum atomic E-state index is 5.84. The molecule has 0 aromatic rings. The SMILES string of the molecule is C[I-]OC1CCC(N)CC1C. The Morgan fingerprint density at radius 3 is 2.73 bits per heavy atom. The van der Waals surface area contributed by atoms with Crippen LogP contribution >= 0.6 is 0 Å². The molecule has 0 aliphatic heterocycles. The van der Waals surface area contributed by atoms with Crippen molar-refractivity contribution >= 4 is 0 Å². The van der Waals surface area contributed by atoms with Crippen molar-refractivity contribution in [2.24, 2.45) is 11.7 Å². The molecule has 0 radical (unpaired) electrons. The first-order valence-electron chi connectivity index (χ1n) is 4.14. The molecule has 2 N–H and O–H groups in total. The first-order valence-corrected chi connectivity index (χ1v) is 7.18. The van der Waals surface area contributed by atoms with Crippen LogP contribution in [0, 0.1) is 5.92 Å². The molecule has 3 heteroatoms. The monoisotopic (exact) mass is 270 g/mol. The Balaban J connectivity index is 2.31. The zero-order valence-corrected chi connectivity index (χ0v) is 9.37. The molecule has 1 aliphatic carbocycles. The van der Waals surface area contributed by atoms with E-state index in [-0.39, 0.29) is 21.6 Å². The molecular formula is C8H17INO-. The van der Waals surface area contributed by atoms with Gasteiger partial charge in [0.25, 0.3) is 0 Å². The van der Waals surface area contributed by atoms with Crippen molar-refractivity contribution in [3.8, 4) is 0 Å². The molecule has 0 bridgehead atoms. The first-order chi connectivity index (χ1) is 5.24. The summed E-state index contributed by atoms with van der Waals surface area (Å²) >= 11 is -0.000346. The molecule has 1 saturated carbocycles. The van der Waals surface area contributed by atoms with E-state index in [1.807, 2.05) is 0 Å². The molecule has 0 saturated heterocycles. The summed E-state index contributed by atoms with van der Waals surface area (Å²) in [6.07, 6.45) is 4.00. The molecule has 3 atom stereocenters. The van der Waals surface area contributed by atoms with Gasteiger partial charge in [-0.05, 0) is 0 Å². The summed E-state index contributed by atoms with van der Waals surface area (Å²) in [6, 6.07) is 0.430. The van der Waals surface area contributed by atoms with E-state index in [0.717, 1.165) is 12.8 Å². The third-order valence-corrected chi connectivity index (χ3v) is 3.50. The Hall–Kier alpha value is 0.650. The number of hydrogen-bond acceptors (Lipinski definition) is 2. The van der Waals surface area contributed by atoms with Gasteiger partial charge in [-0.1, -0.05) is 0 Å². The van der Waals surface area contributed by atoms with Crippen molar-refractivity contribution in [1.82, 2.24) is 0 Å². The van der Waals surface area contributed by atoms with Crippen LogP contribution in [0.5, 0.6) is 0 Å². The van der Waals surface area contributed by atoms with E-state index in [1.54, 1.807) is 0 Å². The van der Waals surface area contributed by atoms with Gasteiger partial charge in [-0.25, -0.2) is 0 Å². The molecule has 1 aliphatic rings. The summed E-state index contributed by atoms with van der Waals surface area (Å²) in [5.41, 5.74) is 5.84. The fourth-order valence-electron chi connectivity index (χ4n) is 1.66. The Labute approximate surface area is 79.7 Å². The second kappa shape index (κ2) is 4.62. The maximum absolute atomic E-state index is 5.84. The number of nitrogens with two attached hydrogens (primary N) is 1. The van der Waals surface area contributed by atoms with Gasteiger partial charge >= 0.3 is 79.6 Å². The van der Waals surface area contributed by atoms with E-state index in [4.69, 9.17) is 8.80 Å². The predicted octanol–water partition coefficient (Wildman–Crippen LogP) is -1.85. The van der Waals surface area contributed by atoms with Gasteiger partial charge in [0.1, 0.15) is 0 Å². The van der Waals surface area contributed by atoms with E-state index >= 15 is 0 Å². The van der Waals surface area contributed by atoms with Crippen LogP contribution in [0.1, 0.15) is 26.2 Å². The fraction of sp³-hybridized carbons (Fsp3) is 1.00. The van der Waals surface area contributed by atoms with Crippen LogP contribution in [0.15, 0.2) is 0 Å². The van der Waals surface area contributed by atoms with Gasteiger partial charge in [0.2, 0.25) is 0 Å². The zero-order valence-electron chi connectivity index (χ0n) is 7.22. The normalized spacial score (nSPS) is 39.4. The van der Waals surface area contributed by atoms with Crippen molar-refractivity contribution in [2.75, 3.05) is 4.93 Å². The van der Waals surface area contributed by atoms with Gasteiger partial charge in [-0.15, -0.1) is 0 Å². The van der Waals surface area contributed by atoms with E-state index in [1.165, 1.54) is 6.42 Å². The third kappa shape index (κ3) is 2.87. The van der Waals surface area contributed by atoms with Crippen LogP contribution in [-0.4, -0.2) is 17.1 Å². The summed E-state index contributed by atoms with van der Waals surface area (Å²) in [5.74, 6) is 0.679. The Kier molecular flexibility index (Phi) is 4.09. The van der Waals surface area contributed by atoms with Crippen LogP contribution in [0.2, 0.25) is 0 Å². The van der Waals surface area contributed by atoms with Gasteiger partial charge in [0.15, 0.2) is 0 Å². The van der Waals surface area contributed by atoms with Crippen molar-refractivity contribution < 1.29 is 24.7 Å². The second-order valence-corrected chi connectivity index (χ2v) is 4.72. The second-order valence-electron chi connectivity index (χ2n) is 3.33. The van der Waals surface area contributed by atoms with E-state index in [2.05, 4.69) is 11.9 Å². The zero-order chi connectivity index (χ0) is 8.27. The minimum absolute atomic E-state index is 0.000346. The molecule has 0 aromatic carbocycles. The molecule has 2 nitrogen and oxygen atoms in total. The van der Waals surface area contributed by atoms with Crippen molar-refractivity contribution in [1.29, 1.82) is 0 Å². The Morgan fingerprint density at radius 2 is 2.18 bits per heavy atom. The van der Waals surface area contributed by atoms with Gasteiger partial charge in [-0.2, -0.15) is 0 Å². The van der Waals surface area contributed by atoms with Crippen LogP contribution in [-0.2, 0) is 3.07 Å². The Morgan fingerprint density at radius 1 is 1.45 bits per heavy atom. The summed E-state index contributed by atoms with van der Waals surface area (Å²) in [5, 5.41) is 0. The van der Waals surface area contributed by atoms with Crippen LogP contribution in [0.25, 0.3) is 0 Å². The molecule has 0 amide bonds. The van der Waals surface area contributed by atoms with Gasteiger partial charge in [0.05, 0.1) is 0 Å². The van der Waals surface area contributed by atoms with Gasteiger partial charge in [0, 0.05) is 0 Å². The van der Waals surface area contributed by atoms with Crippen LogP contribution in [0.3, 0.4) is 0 Å². The van der Waals surface area contributed by atoms with E-state index in [9.17, 15) is 0 Å². The number of rotatable bonds is 2. The topological polar surface area (TPSA) is 35.2 Å². The number of halogens is 1. The first kappa shape index (κ1) is 9.74. The molecule has 11 heavy (non-hydrogen) atoms. The third-order valence-electron chi connectivity index (χ3n) is 2.33. The standard InChI is InChI=1S/C8H17INO/c1-6-5-7(10)3-4-8(6)11-9-2/h6-8H,3-5,10H2,1-2H3/q-1. The van der Waals surface area contributed by atoms with Crippen LogP contribution < -0.4 is 27.4 Å². The summed E-state index contributed by atoms with van der Waals surface area (Å²) < 4.78 is 5.70. The molecule has 3 unspecified atom stereocenters. The molecule has 0 spiro atoms. The molecule has 68 valence electrons. The molecule has 1 fully saturated rings. The van der Waals surface area contributed by atoms with Gasteiger partial charge in [-0.3, -0.25) is 0 Å². The van der Waals surface area contributed by atoms with Crippen molar-refractivity contribution in [3.05, 3.63) is 0 Å². The van der Waals surface area contributed by atoms with E-state index in [0.29, 0.717) is 18.1 Å². The van der Waals surface area contributed by atoms with Crippen LogP contribution in [0.4, 0.5) is 0 Å². The predicted molar refractivity (Wildman–Crippen MR) is 41.8 cm³/mol. The summed E-state index contributed by atoms with van der Waals surface area (Å²) in [4.78, 5) is 2.17. The molecule has 1 rings (SSSR count). The molecular weight excluding hydrogens is 253 g/mol. The fourth-order valence-corrected chi connectivity index (χ4v) is 3.07. The molecule has 0 heterocycles. The molecule has 0 aromatic heterocycles. The van der Waals surface area contributed by atoms with Crippen molar-refractivity contribution in [3.63, 3.8) is 0 Å². The quantitative estimate of drug-likeness (QED) is 0.472.